The van der Waals surface area contributed by atoms with Gasteiger partial charge in [0.2, 0.25) is 0 Å². The Morgan fingerprint density at radius 2 is 2.05 bits per heavy atom. The van der Waals surface area contributed by atoms with Crippen molar-refractivity contribution in [3.8, 4) is 5.75 Å². The first-order valence-corrected chi connectivity index (χ1v) is 6.99. The van der Waals surface area contributed by atoms with E-state index in [0.717, 1.165) is 32.1 Å². The molecule has 0 saturated carbocycles. The fourth-order valence-electron chi connectivity index (χ4n) is 2.45. The van der Waals surface area contributed by atoms with Gasteiger partial charge in [0.1, 0.15) is 5.75 Å². The van der Waals surface area contributed by atoms with Crippen LogP contribution in [0.15, 0.2) is 24.3 Å². The monoisotopic (exact) mass is 264 g/mol. The zero-order chi connectivity index (χ0) is 13.7. The molecule has 1 unspecified atom stereocenters. The Hall–Kier alpha value is -1.10. The van der Waals surface area contributed by atoms with Gasteiger partial charge in [-0.15, -0.1) is 0 Å². The number of nitrogens with zero attached hydrogens (tertiary/aromatic N) is 1. The molecule has 1 aromatic rings. The van der Waals surface area contributed by atoms with Crippen molar-refractivity contribution in [2.24, 2.45) is 5.73 Å². The topological polar surface area (TPSA) is 47.7 Å². The molecule has 0 aromatic heterocycles. The third kappa shape index (κ3) is 3.93. The third-order valence-electron chi connectivity index (χ3n) is 3.32. The summed E-state index contributed by atoms with van der Waals surface area (Å²) in [4.78, 5) is 2.39. The second-order valence-corrected chi connectivity index (χ2v) is 5.14. The number of rotatable bonds is 5. The molecule has 2 rings (SSSR count). The summed E-state index contributed by atoms with van der Waals surface area (Å²) in [5.41, 5.74) is 7.19. The molecular weight excluding hydrogens is 240 g/mol. The molecule has 106 valence electrons. The van der Waals surface area contributed by atoms with Crippen LogP contribution >= 0.6 is 0 Å². The van der Waals surface area contributed by atoms with Crippen molar-refractivity contribution in [1.82, 2.24) is 4.90 Å². The molecule has 1 saturated heterocycles. The van der Waals surface area contributed by atoms with Crippen molar-refractivity contribution in [1.29, 1.82) is 0 Å². The highest BCUT2D eigenvalue weighted by Gasteiger charge is 2.21. The van der Waals surface area contributed by atoms with Crippen LogP contribution in [-0.4, -0.2) is 43.9 Å². The van der Waals surface area contributed by atoms with Crippen molar-refractivity contribution in [2.45, 2.75) is 26.0 Å². The highest BCUT2D eigenvalue weighted by Crippen LogP contribution is 2.24. The van der Waals surface area contributed by atoms with Gasteiger partial charge in [-0.05, 0) is 31.5 Å². The quantitative estimate of drug-likeness (QED) is 0.881. The standard InChI is InChI=1S/C15H24N2O2/c1-12(2)19-14-5-3-4-13(10-14)15(11-16)17-6-8-18-9-7-17/h3-5,10,12,15H,6-9,11,16H2,1-2H3. The van der Waals surface area contributed by atoms with Gasteiger partial charge in [-0.1, -0.05) is 12.1 Å². The molecule has 0 radical (unpaired) electrons. The lowest BCUT2D eigenvalue weighted by molar-refractivity contribution is 0.0178. The molecule has 1 aliphatic rings. The van der Waals surface area contributed by atoms with Gasteiger partial charge in [0, 0.05) is 25.7 Å². The Balaban J connectivity index is 2.12. The molecule has 0 bridgehead atoms. The number of nitrogens with two attached hydrogens (primary N) is 1. The van der Waals surface area contributed by atoms with Gasteiger partial charge in [0.15, 0.2) is 0 Å². The van der Waals surface area contributed by atoms with Gasteiger partial charge in [-0.3, -0.25) is 4.90 Å². The summed E-state index contributed by atoms with van der Waals surface area (Å²) in [5, 5.41) is 0. The van der Waals surface area contributed by atoms with E-state index in [1.165, 1.54) is 5.56 Å². The maximum atomic E-state index is 5.96. The third-order valence-corrected chi connectivity index (χ3v) is 3.32. The fraction of sp³-hybridized carbons (Fsp3) is 0.600. The van der Waals surface area contributed by atoms with E-state index in [0.29, 0.717) is 6.54 Å². The summed E-state index contributed by atoms with van der Waals surface area (Å²) in [7, 11) is 0. The second kappa shape index (κ2) is 6.89. The molecular formula is C15H24N2O2. The maximum absolute atomic E-state index is 5.96. The minimum absolute atomic E-state index is 0.190. The molecule has 4 heteroatoms. The Morgan fingerprint density at radius 3 is 2.68 bits per heavy atom. The summed E-state index contributed by atoms with van der Waals surface area (Å²) < 4.78 is 11.2. The van der Waals surface area contributed by atoms with E-state index < -0.39 is 0 Å². The molecule has 0 amide bonds. The minimum Gasteiger partial charge on any atom is -0.491 e. The first-order chi connectivity index (χ1) is 9.20. The van der Waals surface area contributed by atoms with Gasteiger partial charge in [0.05, 0.1) is 19.3 Å². The van der Waals surface area contributed by atoms with E-state index in [9.17, 15) is 0 Å². The fourth-order valence-corrected chi connectivity index (χ4v) is 2.45. The van der Waals surface area contributed by atoms with E-state index in [1.54, 1.807) is 0 Å². The van der Waals surface area contributed by atoms with Crippen molar-refractivity contribution in [3.63, 3.8) is 0 Å². The smallest absolute Gasteiger partial charge is 0.120 e. The molecule has 0 aliphatic carbocycles. The lowest BCUT2D eigenvalue weighted by atomic mass is 10.0. The predicted octanol–water partition coefficient (Wildman–Crippen LogP) is 1.81. The van der Waals surface area contributed by atoms with E-state index in [2.05, 4.69) is 17.0 Å². The lowest BCUT2D eigenvalue weighted by Crippen LogP contribution is -2.41. The zero-order valence-corrected chi connectivity index (χ0v) is 11.8. The van der Waals surface area contributed by atoms with Crippen LogP contribution in [0.3, 0.4) is 0 Å². The Morgan fingerprint density at radius 1 is 1.32 bits per heavy atom. The number of hydrogen-bond donors (Lipinski definition) is 1. The zero-order valence-electron chi connectivity index (χ0n) is 11.8. The van der Waals surface area contributed by atoms with Gasteiger partial charge in [-0.25, -0.2) is 0 Å². The van der Waals surface area contributed by atoms with Gasteiger partial charge in [0.25, 0.3) is 0 Å². The van der Waals surface area contributed by atoms with E-state index >= 15 is 0 Å². The van der Waals surface area contributed by atoms with E-state index in [1.807, 2.05) is 26.0 Å². The average molecular weight is 264 g/mol. The van der Waals surface area contributed by atoms with Crippen LogP contribution in [0.1, 0.15) is 25.5 Å². The molecule has 2 N–H and O–H groups in total. The summed E-state index contributed by atoms with van der Waals surface area (Å²) in [6, 6.07) is 8.51. The molecule has 1 fully saturated rings. The van der Waals surface area contributed by atoms with Crippen molar-refractivity contribution in [3.05, 3.63) is 29.8 Å². The molecule has 0 spiro atoms. The lowest BCUT2D eigenvalue weighted by Gasteiger charge is -2.34. The summed E-state index contributed by atoms with van der Waals surface area (Å²) in [6.45, 7) is 8.15. The number of ether oxygens (including phenoxy) is 2. The van der Waals surface area contributed by atoms with E-state index in [4.69, 9.17) is 15.2 Å². The Kier molecular flexibility index (Phi) is 5.19. The summed E-state index contributed by atoms with van der Waals surface area (Å²) in [5.74, 6) is 0.916. The minimum atomic E-state index is 0.190. The predicted molar refractivity (Wildman–Crippen MR) is 76.4 cm³/mol. The number of hydrogen-bond acceptors (Lipinski definition) is 4. The first kappa shape index (κ1) is 14.3. The first-order valence-electron chi connectivity index (χ1n) is 6.99. The molecule has 19 heavy (non-hydrogen) atoms. The molecule has 4 nitrogen and oxygen atoms in total. The van der Waals surface area contributed by atoms with Crippen molar-refractivity contribution >= 4 is 0 Å². The van der Waals surface area contributed by atoms with Crippen molar-refractivity contribution < 1.29 is 9.47 Å². The molecule has 1 heterocycles. The number of morpholine rings is 1. The van der Waals surface area contributed by atoms with Crippen LogP contribution in [0, 0.1) is 0 Å². The highest BCUT2D eigenvalue weighted by molar-refractivity contribution is 5.31. The van der Waals surface area contributed by atoms with Gasteiger partial charge < -0.3 is 15.2 Å². The van der Waals surface area contributed by atoms with Gasteiger partial charge in [-0.2, -0.15) is 0 Å². The van der Waals surface area contributed by atoms with Crippen LogP contribution in [0.25, 0.3) is 0 Å². The normalized spacial score (nSPS) is 18.5. The SMILES string of the molecule is CC(C)Oc1cccc(C(CN)N2CCOCC2)c1. The summed E-state index contributed by atoms with van der Waals surface area (Å²) >= 11 is 0. The highest BCUT2D eigenvalue weighted by atomic mass is 16.5. The Bertz CT molecular complexity index is 389. The van der Waals surface area contributed by atoms with E-state index in [-0.39, 0.29) is 12.1 Å². The van der Waals surface area contributed by atoms with Crippen LogP contribution in [0.2, 0.25) is 0 Å². The van der Waals surface area contributed by atoms with Crippen LogP contribution in [0.5, 0.6) is 5.75 Å². The number of benzene rings is 1. The van der Waals surface area contributed by atoms with Gasteiger partial charge >= 0.3 is 0 Å². The molecule has 1 aliphatic heterocycles. The van der Waals surface area contributed by atoms with Crippen LogP contribution in [0.4, 0.5) is 0 Å². The second-order valence-electron chi connectivity index (χ2n) is 5.14. The van der Waals surface area contributed by atoms with Crippen molar-refractivity contribution in [2.75, 3.05) is 32.8 Å². The molecule has 1 aromatic carbocycles. The largest absolute Gasteiger partial charge is 0.491 e. The average Bonchev–Trinajstić information content (AvgIpc) is 2.40. The maximum Gasteiger partial charge on any atom is 0.120 e. The van der Waals surface area contributed by atoms with Crippen LogP contribution in [-0.2, 0) is 4.74 Å². The van der Waals surface area contributed by atoms with Crippen LogP contribution < -0.4 is 10.5 Å². The molecule has 1 atom stereocenters. The Labute approximate surface area is 115 Å². The summed E-state index contributed by atoms with van der Waals surface area (Å²) in [6.07, 6.45) is 0.190.